The summed E-state index contributed by atoms with van der Waals surface area (Å²) in [6.45, 7) is 1.67. The molecule has 0 saturated heterocycles. The molecule has 0 bridgehead atoms. The zero-order valence-electron chi connectivity index (χ0n) is 19.6. The summed E-state index contributed by atoms with van der Waals surface area (Å²) in [5.74, 6) is 1.42. The normalized spacial score (nSPS) is 20.8. The van der Waals surface area contributed by atoms with Crippen LogP contribution in [-0.4, -0.2) is 60.8 Å². The molecule has 2 aliphatic rings. The maximum absolute atomic E-state index is 10.2. The quantitative estimate of drug-likeness (QED) is 0.364. The molecule has 2 fully saturated rings. The number of ether oxygens (including phenoxy) is 2. The molecule has 2 atom stereocenters. The Morgan fingerprint density at radius 3 is 1.31 bits per heavy atom. The molecule has 1 aromatic rings. The second-order valence-corrected chi connectivity index (χ2v) is 9.59. The summed E-state index contributed by atoms with van der Waals surface area (Å²) < 4.78 is 11.4. The number of rotatable bonds is 12. The van der Waals surface area contributed by atoms with Crippen molar-refractivity contribution in [2.45, 2.75) is 101 Å². The molecule has 32 heavy (non-hydrogen) atoms. The first kappa shape index (κ1) is 25.3. The molecular formula is C26H44N2O4. The Morgan fingerprint density at radius 1 is 0.625 bits per heavy atom. The van der Waals surface area contributed by atoms with Crippen LogP contribution in [0, 0.1) is 0 Å². The van der Waals surface area contributed by atoms with Crippen molar-refractivity contribution >= 4 is 0 Å². The summed E-state index contributed by atoms with van der Waals surface area (Å²) in [7, 11) is 0. The monoisotopic (exact) mass is 448 g/mol. The average Bonchev–Trinajstić information content (AvgIpc) is 3.24. The number of aliphatic hydroxyl groups is 2. The predicted octanol–water partition coefficient (Wildman–Crippen LogP) is 3.79. The summed E-state index contributed by atoms with van der Waals surface area (Å²) in [6, 6.07) is 8.43. The van der Waals surface area contributed by atoms with Crippen molar-refractivity contribution in [1.82, 2.24) is 10.6 Å². The summed E-state index contributed by atoms with van der Waals surface area (Å²) in [5, 5.41) is 27.4. The van der Waals surface area contributed by atoms with Gasteiger partial charge in [-0.3, -0.25) is 0 Å². The lowest BCUT2D eigenvalue weighted by molar-refractivity contribution is 0.101. The second kappa shape index (κ2) is 14.7. The SMILES string of the molecule is OC(CNC1CCCCCC1)COc1ccc(OCC(O)CNC2CCCCCC2)cc1. The summed E-state index contributed by atoms with van der Waals surface area (Å²) in [5.41, 5.74) is 0. The predicted molar refractivity (Wildman–Crippen MR) is 128 cm³/mol. The molecule has 0 aromatic heterocycles. The molecule has 6 nitrogen and oxygen atoms in total. The first-order valence-corrected chi connectivity index (χ1v) is 12.9. The fourth-order valence-electron chi connectivity index (χ4n) is 4.71. The smallest absolute Gasteiger partial charge is 0.119 e. The molecular weight excluding hydrogens is 404 g/mol. The van der Waals surface area contributed by atoms with Crippen LogP contribution in [0.4, 0.5) is 0 Å². The van der Waals surface area contributed by atoms with Crippen LogP contribution in [0.25, 0.3) is 0 Å². The van der Waals surface area contributed by atoms with Gasteiger partial charge in [0.25, 0.3) is 0 Å². The van der Waals surface area contributed by atoms with Crippen LogP contribution >= 0.6 is 0 Å². The van der Waals surface area contributed by atoms with Crippen LogP contribution in [0.2, 0.25) is 0 Å². The summed E-state index contributed by atoms with van der Waals surface area (Å²) in [4.78, 5) is 0. The molecule has 6 heteroatoms. The van der Waals surface area contributed by atoms with E-state index in [4.69, 9.17) is 9.47 Å². The van der Waals surface area contributed by atoms with Gasteiger partial charge >= 0.3 is 0 Å². The molecule has 0 amide bonds. The Hall–Kier alpha value is -1.34. The van der Waals surface area contributed by atoms with Crippen molar-refractivity contribution in [2.75, 3.05) is 26.3 Å². The highest BCUT2D eigenvalue weighted by molar-refractivity contribution is 5.31. The number of aliphatic hydroxyl groups excluding tert-OH is 2. The highest BCUT2D eigenvalue weighted by atomic mass is 16.5. The highest BCUT2D eigenvalue weighted by Gasteiger charge is 2.15. The van der Waals surface area contributed by atoms with Crippen molar-refractivity contribution < 1.29 is 19.7 Å². The number of benzene rings is 1. The maximum atomic E-state index is 10.2. The van der Waals surface area contributed by atoms with E-state index in [2.05, 4.69) is 10.6 Å². The lowest BCUT2D eigenvalue weighted by Crippen LogP contribution is -2.37. The van der Waals surface area contributed by atoms with Gasteiger partial charge in [0.05, 0.1) is 0 Å². The molecule has 2 aliphatic carbocycles. The first-order chi connectivity index (χ1) is 15.7. The van der Waals surface area contributed by atoms with Gasteiger partial charge < -0.3 is 30.3 Å². The van der Waals surface area contributed by atoms with Crippen molar-refractivity contribution in [3.8, 4) is 11.5 Å². The van der Waals surface area contributed by atoms with E-state index in [0.717, 1.165) is 0 Å². The summed E-state index contributed by atoms with van der Waals surface area (Å²) in [6.07, 6.45) is 14.3. The third kappa shape index (κ3) is 10.1. The minimum atomic E-state index is -0.523. The Balaban J connectivity index is 1.27. The van der Waals surface area contributed by atoms with Crippen molar-refractivity contribution in [3.05, 3.63) is 24.3 Å². The third-order valence-electron chi connectivity index (χ3n) is 6.70. The largest absolute Gasteiger partial charge is 0.491 e. The first-order valence-electron chi connectivity index (χ1n) is 12.9. The van der Waals surface area contributed by atoms with E-state index in [1.54, 1.807) is 0 Å². The zero-order valence-corrected chi connectivity index (χ0v) is 19.6. The van der Waals surface area contributed by atoms with Crippen LogP contribution in [0.15, 0.2) is 24.3 Å². The molecule has 0 radical (unpaired) electrons. The maximum Gasteiger partial charge on any atom is 0.119 e. The van der Waals surface area contributed by atoms with E-state index in [1.807, 2.05) is 24.3 Å². The number of nitrogens with one attached hydrogen (secondary N) is 2. The highest BCUT2D eigenvalue weighted by Crippen LogP contribution is 2.20. The van der Waals surface area contributed by atoms with Crippen LogP contribution < -0.4 is 20.1 Å². The fraction of sp³-hybridized carbons (Fsp3) is 0.769. The van der Waals surface area contributed by atoms with Crippen molar-refractivity contribution in [2.24, 2.45) is 0 Å². The van der Waals surface area contributed by atoms with E-state index in [-0.39, 0.29) is 13.2 Å². The molecule has 3 rings (SSSR count). The standard InChI is InChI=1S/C26H44N2O4/c29-23(17-27-21-9-5-1-2-6-10-21)19-31-25-13-15-26(16-14-25)32-20-24(30)18-28-22-11-7-3-4-8-12-22/h13-16,21-24,27-30H,1-12,17-20H2. The Morgan fingerprint density at radius 2 is 0.969 bits per heavy atom. The summed E-state index contributed by atoms with van der Waals surface area (Å²) >= 11 is 0. The molecule has 0 heterocycles. The minimum absolute atomic E-state index is 0.269. The van der Waals surface area contributed by atoms with E-state index < -0.39 is 12.2 Å². The Kier molecular flexibility index (Phi) is 11.6. The molecule has 0 spiro atoms. The van der Waals surface area contributed by atoms with E-state index in [0.29, 0.717) is 36.7 Å². The third-order valence-corrected chi connectivity index (χ3v) is 6.70. The van der Waals surface area contributed by atoms with Gasteiger partial charge in [0.2, 0.25) is 0 Å². The van der Waals surface area contributed by atoms with Gasteiger partial charge in [0, 0.05) is 25.2 Å². The lowest BCUT2D eigenvalue weighted by Gasteiger charge is -2.20. The van der Waals surface area contributed by atoms with E-state index in [1.165, 1.54) is 77.0 Å². The Bertz CT molecular complexity index is 543. The van der Waals surface area contributed by atoms with Gasteiger partial charge in [0.1, 0.15) is 36.9 Å². The van der Waals surface area contributed by atoms with Gasteiger partial charge in [-0.05, 0) is 49.9 Å². The zero-order chi connectivity index (χ0) is 22.4. The molecule has 0 aliphatic heterocycles. The van der Waals surface area contributed by atoms with E-state index in [9.17, 15) is 10.2 Å². The van der Waals surface area contributed by atoms with Crippen molar-refractivity contribution in [3.63, 3.8) is 0 Å². The average molecular weight is 449 g/mol. The molecule has 1 aromatic carbocycles. The van der Waals surface area contributed by atoms with Gasteiger partial charge in [0.15, 0.2) is 0 Å². The van der Waals surface area contributed by atoms with Crippen LogP contribution in [0.5, 0.6) is 11.5 Å². The molecule has 4 N–H and O–H groups in total. The van der Waals surface area contributed by atoms with E-state index >= 15 is 0 Å². The molecule has 2 unspecified atom stereocenters. The van der Waals surface area contributed by atoms with Gasteiger partial charge in [-0.25, -0.2) is 0 Å². The van der Waals surface area contributed by atoms with Gasteiger partial charge in [-0.15, -0.1) is 0 Å². The molecule has 182 valence electrons. The van der Waals surface area contributed by atoms with Crippen molar-refractivity contribution in [1.29, 1.82) is 0 Å². The number of hydrogen-bond acceptors (Lipinski definition) is 6. The fourth-order valence-corrected chi connectivity index (χ4v) is 4.71. The lowest BCUT2D eigenvalue weighted by atomic mass is 10.1. The van der Waals surface area contributed by atoms with Gasteiger partial charge in [-0.1, -0.05) is 51.4 Å². The molecule has 2 saturated carbocycles. The minimum Gasteiger partial charge on any atom is -0.491 e. The second-order valence-electron chi connectivity index (χ2n) is 9.59. The van der Waals surface area contributed by atoms with Gasteiger partial charge in [-0.2, -0.15) is 0 Å². The Labute approximate surface area is 194 Å². The van der Waals surface area contributed by atoms with Crippen LogP contribution in [0.1, 0.15) is 77.0 Å². The topological polar surface area (TPSA) is 83.0 Å². The van der Waals surface area contributed by atoms with Crippen LogP contribution in [0.3, 0.4) is 0 Å². The van der Waals surface area contributed by atoms with Crippen LogP contribution in [-0.2, 0) is 0 Å². The number of hydrogen-bond donors (Lipinski definition) is 4.